The number of nitrogen functional groups attached to an aromatic ring is 1. The zero-order chi connectivity index (χ0) is 86.6. The Morgan fingerprint density at radius 2 is 0.941 bits per heavy atom. The number of H-pyrrole nitrogens is 1. The number of hydrogen-bond donors (Lipinski definition) is 4. The van der Waals surface area contributed by atoms with Crippen molar-refractivity contribution >= 4 is 76.1 Å². The van der Waals surface area contributed by atoms with Crippen LogP contribution in [0.4, 0.5) is 49.5 Å². The summed E-state index contributed by atoms with van der Waals surface area (Å²) in [5, 5.41) is 54.2. The van der Waals surface area contributed by atoms with Crippen molar-refractivity contribution in [2.75, 3.05) is 49.8 Å². The van der Waals surface area contributed by atoms with Crippen LogP contribution in [0.2, 0.25) is 0 Å². The number of nitrogens with one attached hydrogen (secondary N) is 3. The number of nitrogens with zero attached hydrogens (tertiary/aromatic N) is 10. The molecule has 0 bridgehead atoms. The molecule has 0 atom stereocenters. The van der Waals surface area contributed by atoms with E-state index in [1.54, 1.807) is 134 Å². The van der Waals surface area contributed by atoms with Crippen LogP contribution >= 0.6 is 34.8 Å². The molecule has 1 aliphatic rings. The molecule has 0 unspecified atom stereocenters. The van der Waals surface area contributed by atoms with E-state index in [-0.39, 0.29) is 227 Å². The summed E-state index contributed by atoms with van der Waals surface area (Å²) in [5.74, 6) is -0.982. The van der Waals surface area contributed by atoms with Gasteiger partial charge in [0.15, 0.2) is 0 Å². The number of nitro benzene ring substituents is 2. The van der Waals surface area contributed by atoms with Gasteiger partial charge in [0.2, 0.25) is 6.08 Å². The minimum atomic E-state index is -1.00. The number of benzene rings is 8. The summed E-state index contributed by atoms with van der Waals surface area (Å²) in [6.07, 6.45) is 3.95. The zero-order valence-electron chi connectivity index (χ0n) is 66.4. The maximum atomic E-state index is 13.1. The van der Waals surface area contributed by atoms with Gasteiger partial charge >= 0.3 is 144 Å². The molecule has 5 N–H and O–H groups in total. The van der Waals surface area contributed by atoms with Gasteiger partial charge < -0.3 is 32.7 Å². The number of aromatic amines is 1. The van der Waals surface area contributed by atoms with Crippen molar-refractivity contribution in [3.63, 3.8) is 0 Å². The van der Waals surface area contributed by atoms with E-state index in [1.807, 2.05) is 25.1 Å². The van der Waals surface area contributed by atoms with E-state index in [9.17, 15) is 66.2 Å². The third-order valence-electron chi connectivity index (χ3n) is 14.8. The SMILES string of the molecule is C1CCOC1.CCN=C=O.CCNC(=O)Nc1cccc(Cn2nc(-c3ccc(F)cc3)ccc2=O)c1.ClCCl.Nc1cccc(Cn2nc(-c3ccc(F)cc3)ccc2=O)c1.O=CO[O-].O=[N+]([O-])c1cccc(CCl)c1.O=c1ccc(-c2ccc(F)cc2)n[nH]1.O=c1ccc(-c2ccc(F)cc2)nn1Cc1cccc([N+](=O)[O-])c1.[2H]CF.[Cs+].[Cs+].[H-]. The number of halogens is 8. The molecule has 0 spiro atoms. The number of carbonyl (C=O) groups excluding carboxylic acids is 3. The molecule has 0 aliphatic carbocycles. The number of alkyl halides is 4. The van der Waals surface area contributed by atoms with Crippen molar-refractivity contribution in [3.8, 4) is 45.0 Å². The van der Waals surface area contributed by atoms with E-state index < -0.39 is 17.0 Å². The Hall–Kier alpha value is -9.46. The Morgan fingerprint density at radius 1 is 0.588 bits per heavy atom. The van der Waals surface area contributed by atoms with Crippen molar-refractivity contribution in [1.82, 2.24) is 44.9 Å². The van der Waals surface area contributed by atoms with E-state index in [0.29, 0.717) is 70.8 Å². The smallest absolute Gasteiger partial charge is 1.00 e. The fourth-order valence-electron chi connectivity index (χ4n) is 9.53. The number of ether oxygens (including phenoxy) is 1. The number of anilines is 2. The summed E-state index contributed by atoms with van der Waals surface area (Å²) in [4.78, 5) is 102. The number of carbonyl (C=O) groups is 2. The van der Waals surface area contributed by atoms with Crippen LogP contribution in [0.5, 0.6) is 0 Å². The maximum absolute atomic E-state index is 13.1. The number of aromatic nitrogens is 8. The van der Waals surface area contributed by atoms with Crippen molar-refractivity contribution in [2.45, 2.75) is 52.2 Å². The summed E-state index contributed by atoms with van der Waals surface area (Å²) in [6, 6.07) is 62.1. The summed E-state index contributed by atoms with van der Waals surface area (Å²) >= 11 is 15.0. The van der Waals surface area contributed by atoms with Crippen molar-refractivity contribution in [2.24, 2.45) is 4.99 Å². The zero-order valence-corrected chi connectivity index (χ0v) is 79.3. The Balaban J connectivity index is 0.000000724. The summed E-state index contributed by atoms with van der Waals surface area (Å²) in [5.41, 5.74) is 14.3. The average molecular weight is 1940 g/mol. The van der Waals surface area contributed by atoms with Gasteiger partial charge in [-0.1, -0.05) is 48.5 Å². The van der Waals surface area contributed by atoms with Gasteiger partial charge in [0.05, 0.1) is 66.1 Å². The number of aliphatic imine (C=N–C) groups is 1. The molecular weight excluding hydrogens is 1860 g/mol. The van der Waals surface area contributed by atoms with Gasteiger partial charge in [-0.25, -0.2) is 51.3 Å². The second kappa shape index (κ2) is 60.9. The number of non-ortho nitro benzene ring substituents is 2. The Kier molecular flexibility index (Phi) is 53.1. The van der Waals surface area contributed by atoms with E-state index in [4.69, 9.17) is 61.5 Å². The van der Waals surface area contributed by atoms with E-state index in [1.165, 1.54) is 130 Å². The molecule has 0 saturated carbocycles. The number of urea groups is 1. The molecule has 119 heavy (non-hydrogen) atoms. The minimum Gasteiger partial charge on any atom is -1.00 e. The third-order valence-corrected chi connectivity index (χ3v) is 15.1. The first-order valence-corrected chi connectivity index (χ1v) is 36.1. The molecule has 4 aromatic heterocycles. The van der Waals surface area contributed by atoms with Crippen LogP contribution in [0.25, 0.3) is 45.0 Å². The summed E-state index contributed by atoms with van der Waals surface area (Å²) in [6.45, 7) is 7.20. The van der Waals surface area contributed by atoms with Crippen LogP contribution in [0.1, 0.15) is 51.7 Å². The maximum Gasteiger partial charge on any atom is 1.00 e. The molecule has 614 valence electrons. The van der Waals surface area contributed by atoms with Crippen molar-refractivity contribution < 1.29 is 202 Å². The van der Waals surface area contributed by atoms with Gasteiger partial charge in [-0.2, -0.15) is 20.4 Å². The molecule has 38 heteroatoms. The number of nitro groups is 2. The van der Waals surface area contributed by atoms with Gasteiger partial charge in [0.25, 0.3) is 40.1 Å². The number of isocyanates is 1. The number of rotatable bonds is 17. The van der Waals surface area contributed by atoms with E-state index in [2.05, 4.69) is 46.0 Å². The van der Waals surface area contributed by atoms with Crippen LogP contribution in [0.15, 0.2) is 267 Å². The number of amides is 2. The van der Waals surface area contributed by atoms with Crippen LogP contribution < -0.4 is 182 Å². The van der Waals surface area contributed by atoms with Crippen molar-refractivity contribution in [3.05, 3.63) is 350 Å². The van der Waals surface area contributed by atoms with Gasteiger partial charge in [-0.15, -0.1) is 34.8 Å². The largest absolute Gasteiger partial charge is 1.00 e. The topological polar surface area (TPSA) is 392 Å². The van der Waals surface area contributed by atoms with Gasteiger partial charge in [-0.3, -0.25) is 48.6 Å². The molecular formula is C81H78Cl3Cs2F5N14O14. The molecule has 5 heterocycles. The van der Waals surface area contributed by atoms with Gasteiger partial charge in [0, 0.05) is 114 Å². The van der Waals surface area contributed by atoms with E-state index in [0.717, 1.165) is 46.6 Å². The molecule has 8 aromatic carbocycles. The molecule has 1 aliphatic heterocycles. The van der Waals surface area contributed by atoms with Crippen LogP contribution in [-0.4, -0.2) is 107 Å². The van der Waals surface area contributed by atoms with Gasteiger partial charge in [-0.05, 0) is 195 Å². The predicted octanol–water partition coefficient (Wildman–Crippen LogP) is 8.54. The first-order chi connectivity index (χ1) is 56.8. The standard InChI is InChI=1S/C20H19FN4O2.C17H12FN3O3.C17H14FN3O.C10H7FN2O.C7H6ClNO2.C4H8O.C3H5NO.CH2Cl2.CH3F.CH2O3.2Cs.H/c1-2-22-20(27)23-17-5-3-4-14(12-17)13-25-19(26)11-10-18(24-25)15-6-8-16(21)9-7-15;18-14-6-4-13(5-7-14)16-8-9-17(22)20(19-16)11-12-2-1-3-15(10-12)21(23)24;18-14-6-4-13(5-7-14)16-8-9-17(22)21(20-16)11-12-2-1-3-15(19)10-12;11-8-3-1-7(2-4-8)9-5-6-10(14)13-12-9;8-5-6-2-1-3-7(4-6)9(10)11;1-2-4-5-3-1;1-2-4-3-5;2-1-3;1-2;2-1-4-3;;;/h3-12H,2,13H2,1H3,(H2,22,23,27);1-10H,11H2;1-10H,11,19H2;1-6H,(H,13,14);1-4H,5H2;1-4H2;2H2,1H3;1H2;1H3;1,3H;;;/q;;;;;;;;;;2*+1;-1/p-1/i;;;;;;;;1D;;;;. The predicted molar refractivity (Wildman–Crippen MR) is 436 cm³/mol. The van der Waals surface area contributed by atoms with Gasteiger partial charge in [0.1, 0.15) is 23.3 Å². The number of hydrogen-bond acceptors (Lipinski definition) is 20. The molecule has 12 aromatic rings. The molecule has 1 saturated heterocycles. The normalized spacial score (nSPS) is 10.3. The van der Waals surface area contributed by atoms with Crippen molar-refractivity contribution in [1.29, 1.82) is 0 Å². The Labute approximate surface area is 814 Å². The monoisotopic (exact) mass is 1940 g/mol. The summed E-state index contributed by atoms with van der Waals surface area (Å²) < 4.78 is 76.0. The first-order valence-electron chi connectivity index (χ1n) is 35.2. The van der Waals surface area contributed by atoms with Crippen LogP contribution in [0.3, 0.4) is 0 Å². The second-order valence-electron chi connectivity index (χ2n) is 23.1. The Morgan fingerprint density at radius 3 is 1.26 bits per heavy atom. The first kappa shape index (κ1) is 104. The number of nitrogens with two attached hydrogens (primary N) is 1. The molecule has 0 radical (unpaired) electrons. The fraction of sp³-hybridized carbons (Fsp3) is 0.173. The fourth-order valence-corrected chi connectivity index (χ4v) is 9.69. The van der Waals surface area contributed by atoms with E-state index >= 15 is 0 Å². The quantitative estimate of drug-likeness (QED) is 0.00763. The average Bonchev–Trinajstić information content (AvgIpc) is 1.41. The Bertz CT molecular complexity index is 5380. The summed E-state index contributed by atoms with van der Waals surface area (Å²) in [7, 11) is -1.00. The minimum absolute atomic E-state index is 0. The third kappa shape index (κ3) is 41.4. The molecule has 13 rings (SSSR count). The molecule has 1 fully saturated rings. The second-order valence-corrected chi connectivity index (χ2v) is 24.1. The molecule has 28 nitrogen and oxygen atoms in total. The van der Waals surface area contributed by atoms with Crippen LogP contribution in [0, 0.1) is 43.5 Å². The van der Waals surface area contributed by atoms with Crippen LogP contribution in [-0.2, 0) is 44.7 Å². The molecule has 2 amide bonds.